The largest absolute Gasteiger partial charge is 0.381 e. The molecule has 0 radical (unpaired) electrons. The molecule has 1 aromatic heterocycles. The Balaban J connectivity index is 0.00000225. The van der Waals surface area contributed by atoms with E-state index in [0.717, 1.165) is 10.9 Å². The molecule has 2 amide bonds. The third-order valence-electron chi connectivity index (χ3n) is 5.91. The van der Waals surface area contributed by atoms with Gasteiger partial charge in [0.1, 0.15) is 5.69 Å². The number of piperazine rings is 1. The van der Waals surface area contributed by atoms with Crippen molar-refractivity contribution >= 4 is 35.1 Å². The summed E-state index contributed by atoms with van der Waals surface area (Å²) in [6.07, 6.45) is 1.35. The number of rotatable bonds is 3. The topological polar surface area (TPSA) is 91.7 Å². The summed E-state index contributed by atoms with van der Waals surface area (Å²) < 4.78 is 5.40. The Bertz CT molecular complexity index is 806. The molecule has 3 N–H and O–H groups in total. The normalized spacial score (nSPS) is 19.3. The molecule has 1 aromatic carbocycles. The molecule has 28 heavy (non-hydrogen) atoms. The van der Waals surface area contributed by atoms with Crippen LogP contribution in [0.3, 0.4) is 0 Å². The van der Waals surface area contributed by atoms with Crippen LogP contribution in [0.5, 0.6) is 0 Å². The molecule has 2 saturated heterocycles. The highest BCUT2D eigenvalue weighted by molar-refractivity contribution is 5.98. The third kappa shape index (κ3) is 3.74. The molecule has 2 aliphatic heterocycles. The number of nitrogens with two attached hydrogens (primary N) is 1. The van der Waals surface area contributed by atoms with Gasteiger partial charge >= 0.3 is 0 Å². The van der Waals surface area contributed by atoms with Gasteiger partial charge in [0.25, 0.3) is 5.91 Å². The number of aromatic nitrogens is 1. The average Bonchev–Trinajstić information content (AvgIpc) is 3.17. The van der Waals surface area contributed by atoms with Gasteiger partial charge in [-0.15, -0.1) is 12.4 Å². The van der Waals surface area contributed by atoms with Gasteiger partial charge < -0.3 is 25.3 Å². The quantitative estimate of drug-likeness (QED) is 0.810. The number of ether oxygens (including phenoxy) is 1. The van der Waals surface area contributed by atoms with Crippen molar-refractivity contribution in [2.24, 2.45) is 11.1 Å². The van der Waals surface area contributed by atoms with Gasteiger partial charge in [-0.25, -0.2) is 0 Å². The molecule has 8 heteroatoms. The second kappa shape index (κ2) is 8.51. The first-order valence-corrected chi connectivity index (χ1v) is 9.57. The lowest BCUT2D eigenvalue weighted by atomic mass is 9.78. The fourth-order valence-electron chi connectivity index (χ4n) is 4.07. The van der Waals surface area contributed by atoms with Crippen LogP contribution >= 0.6 is 12.4 Å². The number of benzene rings is 1. The van der Waals surface area contributed by atoms with E-state index in [0.29, 0.717) is 64.5 Å². The van der Waals surface area contributed by atoms with Crippen molar-refractivity contribution in [2.75, 3.05) is 45.9 Å². The Morgan fingerprint density at radius 1 is 1.07 bits per heavy atom. The molecule has 0 spiro atoms. The van der Waals surface area contributed by atoms with Gasteiger partial charge in [-0.1, -0.05) is 18.2 Å². The van der Waals surface area contributed by atoms with Crippen molar-refractivity contribution < 1.29 is 14.3 Å². The number of fused-ring (bicyclic) bond motifs is 1. The monoisotopic (exact) mass is 406 g/mol. The number of amides is 2. The van der Waals surface area contributed by atoms with Crippen LogP contribution in [0.1, 0.15) is 23.3 Å². The van der Waals surface area contributed by atoms with Gasteiger partial charge in [-0.2, -0.15) is 0 Å². The molecular weight excluding hydrogens is 380 g/mol. The number of aromatic amines is 1. The lowest BCUT2D eigenvalue weighted by Crippen LogP contribution is -2.57. The van der Waals surface area contributed by atoms with Crippen LogP contribution in [0.2, 0.25) is 0 Å². The summed E-state index contributed by atoms with van der Waals surface area (Å²) in [4.78, 5) is 32.7. The van der Waals surface area contributed by atoms with E-state index >= 15 is 0 Å². The zero-order chi connectivity index (χ0) is 18.9. The van der Waals surface area contributed by atoms with Crippen molar-refractivity contribution in [1.29, 1.82) is 0 Å². The van der Waals surface area contributed by atoms with E-state index in [1.54, 1.807) is 0 Å². The van der Waals surface area contributed by atoms with E-state index in [1.807, 2.05) is 40.1 Å². The summed E-state index contributed by atoms with van der Waals surface area (Å²) in [7, 11) is 0. The standard InChI is InChI=1S/C20H26N4O3.ClH/c21-14-20(5-11-27-12-6-20)19(26)24-9-7-23(8-10-24)18(25)17-13-15-3-1-2-4-16(15)22-17;/h1-4,13,22H,5-12,14,21H2;1H. The molecular formula is C20H27ClN4O3. The summed E-state index contributed by atoms with van der Waals surface area (Å²) in [5, 5.41) is 1.03. The molecule has 0 unspecified atom stereocenters. The van der Waals surface area contributed by atoms with Gasteiger partial charge in [-0.05, 0) is 25.0 Å². The van der Waals surface area contributed by atoms with Crippen molar-refractivity contribution in [3.63, 3.8) is 0 Å². The zero-order valence-corrected chi connectivity index (χ0v) is 16.7. The lowest BCUT2D eigenvalue weighted by Gasteiger charge is -2.42. The van der Waals surface area contributed by atoms with Gasteiger partial charge in [0.05, 0.1) is 5.41 Å². The Kier molecular flexibility index (Phi) is 6.27. The number of hydrogen-bond donors (Lipinski definition) is 2. The molecule has 0 atom stereocenters. The van der Waals surface area contributed by atoms with Crippen LogP contribution < -0.4 is 5.73 Å². The van der Waals surface area contributed by atoms with Crippen LogP contribution in [0.25, 0.3) is 10.9 Å². The summed E-state index contributed by atoms with van der Waals surface area (Å²) >= 11 is 0. The smallest absolute Gasteiger partial charge is 0.270 e. The fraction of sp³-hybridized carbons (Fsp3) is 0.500. The minimum Gasteiger partial charge on any atom is -0.381 e. The molecule has 2 fully saturated rings. The maximum Gasteiger partial charge on any atom is 0.270 e. The maximum atomic E-state index is 13.1. The number of para-hydroxylation sites is 1. The van der Waals surface area contributed by atoms with E-state index < -0.39 is 5.41 Å². The van der Waals surface area contributed by atoms with Crippen LogP contribution in [0.4, 0.5) is 0 Å². The number of hydrogen-bond acceptors (Lipinski definition) is 4. The first-order chi connectivity index (χ1) is 13.1. The maximum absolute atomic E-state index is 13.1. The Labute approximate surface area is 170 Å². The molecule has 0 aliphatic carbocycles. The van der Waals surface area contributed by atoms with Gasteiger partial charge in [0.2, 0.25) is 5.91 Å². The highest BCUT2D eigenvalue weighted by Crippen LogP contribution is 2.32. The highest BCUT2D eigenvalue weighted by atomic mass is 35.5. The average molecular weight is 407 g/mol. The molecule has 3 heterocycles. The Morgan fingerprint density at radius 3 is 2.36 bits per heavy atom. The number of halogens is 1. The first-order valence-electron chi connectivity index (χ1n) is 9.57. The summed E-state index contributed by atoms with van der Waals surface area (Å²) in [6.45, 7) is 3.70. The molecule has 0 saturated carbocycles. The van der Waals surface area contributed by atoms with Crippen LogP contribution in [0.15, 0.2) is 30.3 Å². The van der Waals surface area contributed by atoms with E-state index in [2.05, 4.69) is 4.98 Å². The van der Waals surface area contributed by atoms with E-state index in [9.17, 15) is 9.59 Å². The number of nitrogens with zero attached hydrogens (tertiary/aromatic N) is 2. The number of carbonyl (C=O) groups excluding carboxylic acids is 2. The molecule has 0 bridgehead atoms. The van der Waals surface area contributed by atoms with Gasteiger partial charge in [0, 0.05) is 56.8 Å². The van der Waals surface area contributed by atoms with Gasteiger partial charge in [0.15, 0.2) is 0 Å². The molecule has 2 aliphatic rings. The van der Waals surface area contributed by atoms with Crippen molar-refractivity contribution in [3.05, 3.63) is 36.0 Å². The molecule has 4 rings (SSSR count). The highest BCUT2D eigenvalue weighted by Gasteiger charge is 2.42. The predicted octanol–water partition coefficient (Wildman–Crippen LogP) is 1.63. The van der Waals surface area contributed by atoms with Crippen molar-refractivity contribution in [3.8, 4) is 0 Å². The third-order valence-corrected chi connectivity index (χ3v) is 5.91. The summed E-state index contributed by atoms with van der Waals surface area (Å²) in [5.74, 6) is 0.101. The molecule has 152 valence electrons. The first kappa shape index (κ1) is 20.6. The van der Waals surface area contributed by atoms with Gasteiger partial charge in [-0.3, -0.25) is 9.59 Å². The van der Waals surface area contributed by atoms with E-state index in [1.165, 1.54) is 0 Å². The SMILES string of the molecule is Cl.NCC1(C(=O)N2CCN(C(=O)c3cc4ccccc4[nH]3)CC2)CCOCC1. The zero-order valence-electron chi connectivity index (χ0n) is 15.9. The molecule has 7 nitrogen and oxygen atoms in total. The minimum absolute atomic E-state index is 0. The second-order valence-corrected chi connectivity index (χ2v) is 7.45. The number of nitrogens with one attached hydrogen (secondary N) is 1. The Hall–Kier alpha value is -2.09. The summed E-state index contributed by atoms with van der Waals surface area (Å²) in [5.41, 5.74) is 7.02. The summed E-state index contributed by atoms with van der Waals surface area (Å²) in [6, 6.07) is 9.74. The number of carbonyl (C=O) groups is 2. The predicted molar refractivity (Wildman–Crippen MR) is 110 cm³/mol. The lowest BCUT2D eigenvalue weighted by molar-refractivity contribution is -0.148. The fourth-order valence-corrected chi connectivity index (χ4v) is 4.07. The van der Waals surface area contributed by atoms with Crippen molar-refractivity contribution in [1.82, 2.24) is 14.8 Å². The Morgan fingerprint density at radius 2 is 1.71 bits per heavy atom. The second-order valence-electron chi connectivity index (χ2n) is 7.45. The van der Waals surface area contributed by atoms with Crippen LogP contribution in [-0.2, 0) is 9.53 Å². The van der Waals surface area contributed by atoms with Crippen molar-refractivity contribution in [2.45, 2.75) is 12.8 Å². The van der Waals surface area contributed by atoms with E-state index in [-0.39, 0.29) is 24.2 Å². The van der Waals surface area contributed by atoms with E-state index in [4.69, 9.17) is 10.5 Å². The van der Waals surface area contributed by atoms with Crippen LogP contribution in [-0.4, -0.2) is 72.5 Å². The minimum atomic E-state index is -0.498. The number of H-pyrrole nitrogens is 1. The van der Waals surface area contributed by atoms with Crippen LogP contribution in [0, 0.1) is 5.41 Å². The molecule has 2 aromatic rings.